The second-order valence-corrected chi connectivity index (χ2v) is 4.79. The number of hydrogen-bond donors (Lipinski definition) is 1. The van der Waals surface area contributed by atoms with E-state index in [1.165, 1.54) is 6.20 Å². The number of hydrogen-bond acceptors (Lipinski definition) is 3. The van der Waals surface area contributed by atoms with Gasteiger partial charge in [-0.25, -0.2) is 9.50 Å². The van der Waals surface area contributed by atoms with Crippen molar-refractivity contribution in [1.82, 2.24) is 14.6 Å². The van der Waals surface area contributed by atoms with Crippen LogP contribution in [0.4, 0.5) is 5.69 Å². The largest absolute Gasteiger partial charge is 0.320 e. The monoisotopic (exact) mass is 286 g/mol. The molecule has 3 aromatic rings. The van der Waals surface area contributed by atoms with E-state index >= 15 is 0 Å². The number of aromatic nitrogens is 3. The molecular formula is C14H11ClN4O. The lowest BCUT2D eigenvalue weighted by atomic mass is 10.2. The highest BCUT2D eigenvalue weighted by Crippen LogP contribution is 2.23. The molecular weight excluding hydrogens is 276 g/mol. The average molecular weight is 287 g/mol. The molecule has 0 unspecified atom stereocenters. The zero-order valence-electron chi connectivity index (χ0n) is 10.7. The van der Waals surface area contributed by atoms with Gasteiger partial charge in [0.2, 0.25) is 0 Å². The molecule has 1 N–H and O–H groups in total. The summed E-state index contributed by atoms with van der Waals surface area (Å²) in [6, 6.07) is 7.20. The first-order chi connectivity index (χ1) is 9.65. The molecule has 1 amide bonds. The van der Waals surface area contributed by atoms with Crippen LogP contribution in [0.5, 0.6) is 0 Å². The quantitative estimate of drug-likeness (QED) is 0.788. The van der Waals surface area contributed by atoms with Crippen molar-refractivity contribution in [3.63, 3.8) is 0 Å². The molecule has 0 bridgehead atoms. The Bertz CT molecular complexity index is 797. The van der Waals surface area contributed by atoms with Gasteiger partial charge in [0.25, 0.3) is 5.91 Å². The van der Waals surface area contributed by atoms with E-state index in [-0.39, 0.29) is 5.91 Å². The number of carbonyl (C=O) groups excluding carboxylic acids is 1. The van der Waals surface area contributed by atoms with Crippen molar-refractivity contribution in [3.05, 3.63) is 59.0 Å². The Hall–Kier alpha value is -2.40. The van der Waals surface area contributed by atoms with E-state index in [9.17, 15) is 4.79 Å². The molecule has 0 aliphatic rings. The Morgan fingerprint density at radius 3 is 3.05 bits per heavy atom. The van der Waals surface area contributed by atoms with Crippen LogP contribution in [0.25, 0.3) is 5.65 Å². The van der Waals surface area contributed by atoms with Crippen LogP contribution in [0.3, 0.4) is 0 Å². The highest BCUT2D eigenvalue weighted by Gasteiger charge is 2.14. The highest BCUT2D eigenvalue weighted by molar-refractivity contribution is 6.34. The molecule has 0 saturated heterocycles. The number of nitrogens with one attached hydrogen (secondary N) is 1. The SMILES string of the molecule is Cc1ccc(NC(=O)c2cnn3cccnc23)c(Cl)c1. The number of benzene rings is 1. The Kier molecular flexibility index (Phi) is 3.12. The van der Waals surface area contributed by atoms with Gasteiger partial charge in [0.05, 0.1) is 16.9 Å². The van der Waals surface area contributed by atoms with Crippen molar-refractivity contribution in [2.45, 2.75) is 6.92 Å². The molecule has 20 heavy (non-hydrogen) atoms. The minimum atomic E-state index is -0.288. The maximum absolute atomic E-state index is 12.3. The maximum Gasteiger partial charge on any atom is 0.261 e. The molecule has 0 radical (unpaired) electrons. The number of fused-ring (bicyclic) bond motifs is 1. The minimum absolute atomic E-state index is 0.288. The number of anilines is 1. The summed E-state index contributed by atoms with van der Waals surface area (Å²) in [5.41, 5.74) is 2.51. The molecule has 0 saturated carbocycles. The summed E-state index contributed by atoms with van der Waals surface area (Å²) in [6.07, 6.45) is 4.84. The molecule has 100 valence electrons. The molecule has 3 rings (SSSR count). The van der Waals surface area contributed by atoms with Gasteiger partial charge < -0.3 is 5.32 Å². The summed E-state index contributed by atoms with van der Waals surface area (Å²) in [4.78, 5) is 16.4. The predicted octanol–water partition coefficient (Wildman–Crippen LogP) is 2.94. The number of carbonyl (C=O) groups is 1. The molecule has 0 spiro atoms. The smallest absolute Gasteiger partial charge is 0.261 e. The van der Waals surface area contributed by atoms with Crippen molar-refractivity contribution in [2.24, 2.45) is 0 Å². The van der Waals surface area contributed by atoms with Gasteiger partial charge in [-0.1, -0.05) is 17.7 Å². The van der Waals surface area contributed by atoms with Crippen molar-refractivity contribution in [2.75, 3.05) is 5.32 Å². The summed E-state index contributed by atoms with van der Waals surface area (Å²) in [5.74, 6) is -0.288. The van der Waals surface area contributed by atoms with Crippen LogP contribution in [0.15, 0.2) is 42.9 Å². The first-order valence-corrected chi connectivity index (χ1v) is 6.39. The van der Waals surface area contributed by atoms with E-state index in [0.29, 0.717) is 21.9 Å². The fourth-order valence-corrected chi connectivity index (χ4v) is 2.18. The number of halogens is 1. The van der Waals surface area contributed by atoms with Crippen LogP contribution in [-0.4, -0.2) is 20.5 Å². The van der Waals surface area contributed by atoms with E-state index in [2.05, 4.69) is 15.4 Å². The Morgan fingerprint density at radius 2 is 2.25 bits per heavy atom. The van der Waals surface area contributed by atoms with E-state index in [1.807, 2.05) is 13.0 Å². The molecule has 5 nitrogen and oxygen atoms in total. The normalized spacial score (nSPS) is 10.7. The van der Waals surface area contributed by atoms with E-state index < -0.39 is 0 Å². The maximum atomic E-state index is 12.3. The van der Waals surface area contributed by atoms with Gasteiger partial charge in [-0.05, 0) is 30.7 Å². The van der Waals surface area contributed by atoms with Crippen LogP contribution < -0.4 is 5.32 Å². The van der Waals surface area contributed by atoms with E-state index in [4.69, 9.17) is 11.6 Å². The van der Waals surface area contributed by atoms with Gasteiger partial charge in [0, 0.05) is 12.4 Å². The number of amides is 1. The standard InChI is InChI=1S/C14H11ClN4O/c1-9-3-4-12(11(15)7-9)18-14(20)10-8-17-19-6-2-5-16-13(10)19/h2-8H,1H3,(H,18,20). The first-order valence-electron chi connectivity index (χ1n) is 6.01. The number of aryl methyl sites for hydroxylation is 1. The summed E-state index contributed by atoms with van der Waals surface area (Å²) in [5, 5.41) is 7.35. The molecule has 6 heteroatoms. The Balaban J connectivity index is 1.93. The third-order valence-electron chi connectivity index (χ3n) is 2.90. The van der Waals surface area contributed by atoms with Crippen LogP contribution in [0.1, 0.15) is 15.9 Å². The van der Waals surface area contributed by atoms with Crippen LogP contribution in [0, 0.1) is 6.92 Å². The van der Waals surface area contributed by atoms with Crippen molar-refractivity contribution in [1.29, 1.82) is 0 Å². The topological polar surface area (TPSA) is 59.3 Å². The van der Waals surface area contributed by atoms with Crippen molar-refractivity contribution in [3.8, 4) is 0 Å². The van der Waals surface area contributed by atoms with Crippen LogP contribution >= 0.6 is 11.6 Å². The third-order valence-corrected chi connectivity index (χ3v) is 3.21. The summed E-state index contributed by atoms with van der Waals surface area (Å²) in [7, 11) is 0. The van der Waals surface area contributed by atoms with Crippen molar-refractivity contribution < 1.29 is 4.79 Å². The molecule has 2 heterocycles. The summed E-state index contributed by atoms with van der Waals surface area (Å²) < 4.78 is 1.55. The van der Waals surface area contributed by atoms with Gasteiger partial charge in [-0.3, -0.25) is 4.79 Å². The summed E-state index contributed by atoms with van der Waals surface area (Å²) in [6.45, 7) is 1.94. The molecule has 1 aromatic carbocycles. The van der Waals surface area contributed by atoms with Gasteiger partial charge in [-0.2, -0.15) is 5.10 Å². The van der Waals surface area contributed by atoms with Crippen LogP contribution in [-0.2, 0) is 0 Å². The molecule has 2 aromatic heterocycles. The lowest BCUT2D eigenvalue weighted by Crippen LogP contribution is -2.12. The van der Waals surface area contributed by atoms with Crippen LogP contribution in [0.2, 0.25) is 5.02 Å². The second-order valence-electron chi connectivity index (χ2n) is 4.38. The zero-order chi connectivity index (χ0) is 14.1. The van der Waals surface area contributed by atoms with Gasteiger partial charge in [0.15, 0.2) is 5.65 Å². The lowest BCUT2D eigenvalue weighted by molar-refractivity contribution is 0.102. The molecule has 0 fully saturated rings. The molecule has 0 atom stereocenters. The van der Waals surface area contributed by atoms with Gasteiger partial charge >= 0.3 is 0 Å². The fourth-order valence-electron chi connectivity index (χ4n) is 1.90. The highest BCUT2D eigenvalue weighted by atomic mass is 35.5. The van der Waals surface area contributed by atoms with Gasteiger partial charge in [0.1, 0.15) is 5.56 Å². The predicted molar refractivity (Wildman–Crippen MR) is 77.1 cm³/mol. The Morgan fingerprint density at radius 1 is 1.40 bits per heavy atom. The number of rotatable bonds is 2. The first kappa shape index (κ1) is 12.6. The fraction of sp³-hybridized carbons (Fsp3) is 0.0714. The molecule has 0 aliphatic heterocycles. The van der Waals surface area contributed by atoms with E-state index in [1.54, 1.807) is 35.1 Å². The minimum Gasteiger partial charge on any atom is -0.320 e. The zero-order valence-corrected chi connectivity index (χ0v) is 11.4. The lowest BCUT2D eigenvalue weighted by Gasteiger charge is -2.06. The van der Waals surface area contributed by atoms with Gasteiger partial charge in [-0.15, -0.1) is 0 Å². The van der Waals surface area contributed by atoms with E-state index in [0.717, 1.165) is 5.56 Å². The second kappa shape index (κ2) is 4.94. The number of nitrogens with zero attached hydrogens (tertiary/aromatic N) is 3. The molecule has 0 aliphatic carbocycles. The summed E-state index contributed by atoms with van der Waals surface area (Å²) >= 11 is 6.10. The third kappa shape index (κ3) is 2.23. The average Bonchev–Trinajstić information content (AvgIpc) is 2.86. The Labute approximate surface area is 120 Å². The van der Waals surface area contributed by atoms with Crippen molar-refractivity contribution >= 4 is 28.8 Å².